The van der Waals surface area contributed by atoms with Gasteiger partial charge in [0.2, 0.25) is 0 Å². The Balaban J connectivity index is 0.00000240. The molecular formula is C22H25N3O2S. The van der Waals surface area contributed by atoms with Crippen molar-refractivity contribution in [3.63, 3.8) is 0 Å². The molecule has 0 aliphatic carbocycles. The Morgan fingerprint density at radius 1 is 1.14 bits per heavy atom. The number of hydrogen-bond donors (Lipinski definition) is 1. The molecule has 1 aliphatic heterocycles. The lowest BCUT2D eigenvalue weighted by molar-refractivity contribution is 0.194. The Hall–Kier alpha value is -2.86. The van der Waals surface area contributed by atoms with Crippen molar-refractivity contribution in [3.05, 3.63) is 65.0 Å². The topological polar surface area (TPSA) is 54.5 Å². The van der Waals surface area contributed by atoms with Gasteiger partial charge in [0, 0.05) is 37.1 Å². The Bertz CT molecular complexity index is 923. The maximum absolute atomic E-state index is 12.5. The van der Waals surface area contributed by atoms with E-state index in [1.807, 2.05) is 47.4 Å². The number of amides is 2. The fourth-order valence-electron chi connectivity index (χ4n) is 3.42. The summed E-state index contributed by atoms with van der Waals surface area (Å²) in [4.78, 5) is 19.3. The standard InChI is InChI=1S/C22H23N3O2S.H2/c1-27-19-9-7-18(8-10-19)23-22(26)25-13-11-17(12-14-25)21-24-20(15-28-21)16-5-3-2-4-6-16;/h2-10,15,17H,11-14H2,1H3,(H,23,26);1H. The monoisotopic (exact) mass is 395 g/mol. The molecule has 2 heterocycles. The third-order valence-electron chi connectivity index (χ3n) is 5.06. The van der Waals surface area contributed by atoms with Crippen LogP contribution in [0.15, 0.2) is 60.0 Å². The lowest BCUT2D eigenvalue weighted by Gasteiger charge is -2.31. The number of benzene rings is 2. The van der Waals surface area contributed by atoms with Crippen LogP contribution in [0.5, 0.6) is 5.75 Å². The molecule has 0 spiro atoms. The van der Waals surface area contributed by atoms with Gasteiger partial charge in [-0.2, -0.15) is 0 Å². The van der Waals surface area contributed by atoms with Crippen molar-refractivity contribution in [2.75, 3.05) is 25.5 Å². The average Bonchev–Trinajstić information content (AvgIpc) is 3.25. The predicted molar refractivity (Wildman–Crippen MR) is 115 cm³/mol. The Morgan fingerprint density at radius 2 is 1.86 bits per heavy atom. The second-order valence-electron chi connectivity index (χ2n) is 6.86. The van der Waals surface area contributed by atoms with Crippen LogP contribution in [-0.2, 0) is 0 Å². The molecule has 1 saturated heterocycles. The predicted octanol–water partition coefficient (Wildman–Crippen LogP) is 5.48. The van der Waals surface area contributed by atoms with Gasteiger partial charge in [0.15, 0.2) is 0 Å². The van der Waals surface area contributed by atoms with Gasteiger partial charge < -0.3 is 15.0 Å². The minimum atomic E-state index is -0.0484. The Morgan fingerprint density at radius 3 is 2.54 bits per heavy atom. The molecule has 1 aliphatic rings. The SMILES string of the molecule is COc1ccc(NC(=O)N2CCC(c3nc(-c4ccccc4)cs3)CC2)cc1.[HH]. The van der Waals surface area contributed by atoms with Crippen LogP contribution in [-0.4, -0.2) is 36.1 Å². The number of hydrogen-bond acceptors (Lipinski definition) is 4. The number of thiazole rings is 1. The summed E-state index contributed by atoms with van der Waals surface area (Å²) in [6, 6.07) is 17.6. The first kappa shape index (κ1) is 18.5. The first-order valence-electron chi connectivity index (χ1n) is 9.44. The molecule has 4 rings (SSSR count). The van der Waals surface area contributed by atoms with Crippen LogP contribution >= 0.6 is 11.3 Å². The average molecular weight is 396 g/mol. The number of nitrogens with zero attached hydrogens (tertiary/aromatic N) is 2. The second kappa shape index (κ2) is 8.44. The van der Waals surface area contributed by atoms with Crippen molar-refractivity contribution < 1.29 is 11.0 Å². The molecule has 0 atom stereocenters. The van der Waals surface area contributed by atoms with Crippen LogP contribution in [0.4, 0.5) is 10.5 Å². The minimum Gasteiger partial charge on any atom is -0.497 e. The highest BCUT2D eigenvalue weighted by Gasteiger charge is 2.25. The highest BCUT2D eigenvalue weighted by molar-refractivity contribution is 7.10. The van der Waals surface area contributed by atoms with Crippen LogP contribution in [0.1, 0.15) is 25.2 Å². The van der Waals surface area contributed by atoms with Crippen molar-refractivity contribution >= 4 is 23.1 Å². The van der Waals surface area contributed by atoms with Gasteiger partial charge in [-0.25, -0.2) is 9.78 Å². The number of nitrogens with one attached hydrogen (secondary N) is 1. The molecule has 0 radical (unpaired) electrons. The number of urea groups is 1. The molecule has 0 saturated carbocycles. The number of likely N-dealkylation sites (tertiary alicyclic amines) is 1. The molecule has 2 aromatic carbocycles. The Labute approximate surface area is 170 Å². The summed E-state index contributed by atoms with van der Waals surface area (Å²) in [6.07, 6.45) is 1.88. The highest BCUT2D eigenvalue weighted by atomic mass is 32.1. The van der Waals surface area contributed by atoms with Gasteiger partial charge in [-0.05, 0) is 37.1 Å². The second-order valence-corrected chi connectivity index (χ2v) is 7.75. The van der Waals surface area contributed by atoms with E-state index < -0.39 is 0 Å². The van der Waals surface area contributed by atoms with Crippen molar-refractivity contribution in [3.8, 4) is 17.0 Å². The first-order valence-corrected chi connectivity index (χ1v) is 10.3. The van der Waals surface area contributed by atoms with E-state index in [9.17, 15) is 4.79 Å². The number of carbonyl (C=O) groups excluding carboxylic acids is 1. The molecule has 5 nitrogen and oxygen atoms in total. The van der Waals surface area contributed by atoms with Crippen LogP contribution in [0, 0.1) is 0 Å². The normalized spacial score (nSPS) is 14.7. The third kappa shape index (κ3) is 4.17. The zero-order valence-corrected chi connectivity index (χ0v) is 16.6. The molecule has 6 heteroatoms. The number of carbonyl (C=O) groups is 1. The zero-order valence-electron chi connectivity index (χ0n) is 15.8. The van der Waals surface area contributed by atoms with E-state index in [1.165, 1.54) is 5.01 Å². The van der Waals surface area contributed by atoms with Crippen LogP contribution < -0.4 is 10.1 Å². The summed E-state index contributed by atoms with van der Waals surface area (Å²) in [5.74, 6) is 1.20. The van der Waals surface area contributed by atoms with E-state index in [0.717, 1.165) is 48.6 Å². The summed E-state index contributed by atoms with van der Waals surface area (Å²) in [7, 11) is 1.63. The van der Waals surface area contributed by atoms with E-state index in [1.54, 1.807) is 18.4 Å². The maximum Gasteiger partial charge on any atom is 0.321 e. The highest BCUT2D eigenvalue weighted by Crippen LogP contribution is 2.33. The van der Waals surface area contributed by atoms with Gasteiger partial charge in [0.25, 0.3) is 0 Å². The molecule has 0 bridgehead atoms. The quantitative estimate of drug-likeness (QED) is 0.637. The minimum absolute atomic E-state index is 0. The molecule has 2 amide bonds. The van der Waals surface area contributed by atoms with Gasteiger partial charge in [0.05, 0.1) is 17.8 Å². The number of aromatic nitrogens is 1. The van der Waals surface area contributed by atoms with Gasteiger partial charge in [-0.3, -0.25) is 0 Å². The van der Waals surface area contributed by atoms with Gasteiger partial charge >= 0.3 is 6.03 Å². The molecule has 146 valence electrons. The summed E-state index contributed by atoms with van der Waals surface area (Å²) in [5.41, 5.74) is 2.97. The third-order valence-corrected chi connectivity index (χ3v) is 6.07. The molecular weight excluding hydrogens is 370 g/mol. The number of anilines is 1. The van der Waals surface area contributed by atoms with Gasteiger partial charge in [-0.15, -0.1) is 11.3 Å². The molecule has 1 fully saturated rings. The fourth-order valence-corrected chi connectivity index (χ4v) is 4.42. The number of methoxy groups -OCH3 is 1. The summed E-state index contributed by atoms with van der Waals surface area (Å²) >= 11 is 1.72. The van der Waals surface area contributed by atoms with Crippen LogP contribution in [0.25, 0.3) is 11.3 Å². The van der Waals surface area contributed by atoms with E-state index in [2.05, 4.69) is 22.8 Å². The summed E-state index contributed by atoms with van der Waals surface area (Å²) in [5, 5.41) is 6.27. The lowest BCUT2D eigenvalue weighted by atomic mass is 9.98. The first-order chi connectivity index (χ1) is 13.7. The smallest absolute Gasteiger partial charge is 0.321 e. The Kier molecular flexibility index (Phi) is 5.58. The van der Waals surface area contributed by atoms with E-state index in [0.29, 0.717) is 5.92 Å². The van der Waals surface area contributed by atoms with E-state index in [4.69, 9.17) is 9.72 Å². The molecule has 28 heavy (non-hydrogen) atoms. The molecule has 1 N–H and O–H groups in total. The van der Waals surface area contributed by atoms with Crippen molar-refractivity contribution in [1.82, 2.24) is 9.88 Å². The number of ether oxygens (including phenoxy) is 1. The molecule has 3 aromatic rings. The zero-order chi connectivity index (χ0) is 19.3. The summed E-state index contributed by atoms with van der Waals surface area (Å²) < 4.78 is 5.15. The van der Waals surface area contributed by atoms with Crippen LogP contribution in [0.3, 0.4) is 0 Å². The van der Waals surface area contributed by atoms with E-state index >= 15 is 0 Å². The summed E-state index contributed by atoms with van der Waals surface area (Å²) in [6.45, 7) is 1.49. The van der Waals surface area contributed by atoms with E-state index in [-0.39, 0.29) is 7.46 Å². The molecule has 0 unspecified atom stereocenters. The fraction of sp³-hybridized carbons (Fsp3) is 0.273. The number of rotatable bonds is 4. The molecule has 1 aromatic heterocycles. The lowest BCUT2D eigenvalue weighted by Crippen LogP contribution is -2.40. The van der Waals surface area contributed by atoms with Gasteiger partial charge in [-0.1, -0.05) is 30.3 Å². The maximum atomic E-state index is 12.5. The largest absolute Gasteiger partial charge is 0.497 e. The van der Waals surface area contributed by atoms with Crippen molar-refractivity contribution in [2.24, 2.45) is 0 Å². The van der Waals surface area contributed by atoms with Crippen molar-refractivity contribution in [1.29, 1.82) is 0 Å². The van der Waals surface area contributed by atoms with Crippen LogP contribution in [0.2, 0.25) is 0 Å². The van der Waals surface area contributed by atoms with Crippen molar-refractivity contribution in [2.45, 2.75) is 18.8 Å². The number of piperidine rings is 1. The van der Waals surface area contributed by atoms with Gasteiger partial charge in [0.1, 0.15) is 5.75 Å².